The molecule has 0 radical (unpaired) electrons. The Kier molecular flexibility index (Phi) is 6.41. The van der Waals surface area contributed by atoms with Crippen LogP contribution in [0.3, 0.4) is 0 Å². The molecule has 1 aliphatic heterocycles. The zero-order valence-corrected chi connectivity index (χ0v) is 16.2. The molecule has 0 aliphatic carbocycles. The molecule has 1 atom stereocenters. The lowest BCUT2D eigenvalue weighted by molar-refractivity contribution is -0.141. The van der Waals surface area contributed by atoms with Crippen LogP contribution >= 0.6 is 0 Å². The van der Waals surface area contributed by atoms with E-state index in [0.29, 0.717) is 24.6 Å². The molecule has 144 valence electrons. The van der Waals surface area contributed by atoms with Crippen molar-refractivity contribution in [3.05, 3.63) is 29.8 Å². The molecule has 1 unspecified atom stereocenters. The number of carboxylic acid groups (broad SMARTS) is 1. The van der Waals surface area contributed by atoms with Gasteiger partial charge < -0.3 is 10.0 Å². The topological polar surface area (TPSA) is 95.0 Å². The number of amides is 1. The van der Waals surface area contributed by atoms with Crippen molar-refractivity contribution in [1.82, 2.24) is 9.21 Å². The van der Waals surface area contributed by atoms with Gasteiger partial charge in [-0.15, -0.1) is 0 Å². The fraction of sp³-hybridized carbons (Fsp3) is 0.556. The minimum atomic E-state index is -3.55. The number of benzene rings is 1. The third-order valence-electron chi connectivity index (χ3n) is 4.80. The van der Waals surface area contributed by atoms with Crippen molar-refractivity contribution in [2.75, 3.05) is 26.7 Å². The van der Waals surface area contributed by atoms with Crippen LogP contribution in [0.15, 0.2) is 29.2 Å². The monoisotopic (exact) mass is 382 g/mol. The van der Waals surface area contributed by atoms with Crippen LogP contribution in [0.4, 0.5) is 0 Å². The second kappa shape index (κ2) is 8.18. The molecule has 8 heteroatoms. The Balaban J connectivity index is 2.09. The van der Waals surface area contributed by atoms with Crippen molar-refractivity contribution < 1.29 is 23.1 Å². The molecule has 1 fully saturated rings. The summed E-state index contributed by atoms with van der Waals surface area (Å²) in [6.45, 7) is 4.76. The molecule has 1 N–H and O–H groups in total. The van der Waals surface area contributed by atoms with Gasteiger partial charge in [-0.1, -0.05) is 13.8 Å². The molecular weight excluding hydrogens is 356 g/mol. The number of sulfonamides is 1. The Labute approximate surface area is 154 Å². The third kappa shape index (κ3) is 4.62. The van der Waals surface area contributed by atoms with Crippen molar-refractivity contribution in [3.8, 4) is 0 Å². The fourth-order valence-corrected chi connectivity index (χ4v) is 4.41. The lowest BCUT2D eigenvalue weighted by Crippen LogP contribution is -2.37. The van der Waals surface area contributed by atoms with E-state index in [1.807, 2.05) is 0 Å². The Hall–Kier alpha value is -1.93. The van der Waals surface area contributed by atoms with E-state index in [1.54, 1.807) is 0 Å². The molecule has 7 nitrogen and oxygen atoms in total. The van der Waals surface area contributed by atoms with Gasteiger partial charge in [0.25, 0.3) is 5.91 Å². The lowest BCUT2D eigenvalue weighted by atomic mass is 10.0. The van der Waals surface area contributed by atoms with E-state index in [0.717, 1.165) is 12.8 Å². The van der Waals surface area contributed by atoms with Crippen LogP contribution in [0.2, 0.25) is 0 Å². The first-order valence-corrected chi connectivity index (χ1v) is 10.2. The van der Waals surface area contributed by atoms with Crippen LogP contribution in [-0.2, 0) is 14.8 Å². The molecule has 2 rings (SSSR count). The highest BCUT2D eigenvalue weighted by molar-refractivity contribution is 7.89. The van der Waals surface area contributed by atoms with Crippen molar-refractivity contribution in [2.45, 2.75) is 31.6 Å². The van der Waals surface area contributed by atoms with E-state index in [9.17, 15) is 18.0 Å². The summed E-state index contributed by atoms with van der Waals surface area (Å²) in [7, 11) is -2.02. The second-order valence-electron chi connectivity index (χ2n) is 7.04. The van der Waals surface area contributed by atoms with Crippen LogP contribution in [0.1, 0.15) is 37.0 Å². The van der Waals surface area contributed by atoms with Gasteiger partial charge in [-0.05, 0) is 43.0 Å². The maximum atomic E-state index is 12.7. The molecule has 1 aliphatic rings. The summed E-state index contributed by atoms with van der Waals surface area (Å²) < 4.78 is 26.9. The molecule has 0 spiro atoms. The van der Waals surface area contributed by atoms with Gasteiger partial charge in [-0.2, -0.15) is 4.31 Å². The SMILES string of the molecule is CC1CCN(S(=O)(=O)c2ccc(C(=O)N(C)CC(C)C(=O)O)cc2)CC1. The van der Waals surface area contributed by atoms with Gasteiger partial charge in [0.15, 0.2) is 0 Å². The minimum absolute atomic E-state index is 0.0835. The van der Waals surface area contributed by atoms with Crippen molar-refractivity contribution >= 4 is 21.9 Å². The van der Waals surface area contributed by atoms with Crippen molar-refractivity contribution in [3.63, 3.8) is 0 Å². The highest BCUT2D eigenvalue weighted by Gasteiger charge is 2.28. The average Bonchev–Trinajstić information content (AvgIpc) is 2.61. The molecule has 1 saturated heterocycles. The number of hydrogen-bond donors (Lipinski definition) is 1. The first-order valence-electron chi connectivity index (χ1n) is 8.71. The minimum Gasteiger partial charge on any atom is -0.481 e. The summed E-state index contributed by atoms with van der Waals surface area (Å²) in [6.07, 6.45) is 1.70. The van der Waals surface area contributed by atoms with E-state index in [4.69, 9.17) is 5.11 Å². The van der Waals surface area contributed by atoms with Gasteiger partial charge in [0.1, 0.15) is 0 Å². The molecule has 1 aromatic carbocycles. The summed E-state index contributed by atoms with van der Waals surface area (Å²) >= 11 is 0. The normalized spacial score (nSPS) is 17.7. The number of carbonyl (C=O) groups is 2. The first kappa shape index (κ1) is 20.4. The Bertz CT molecular complexity index is 752. The number of nitrogens with zero attached hydrogens (tertiary/aromatic N) is 2. The highest BCUT2D eigenvalue weighted by Crippen LogP contribution is 2.23. The Morgan fingerprint density at radius 2 is 1.77 bits per heavy atom. The molecule has 1 heterocycles. The van der Waals surface area contributed by atoms with Crippen LogP contribution in [0, 0.1) is 11.8 Å². The summed E-state index contributed by atoms with van der Waals surface area (Å²) in [6, 6.07) is 5.83. The van der Waals surface area contributed by atoms with Crippen LogP contribution in [0.25, 0.3) is 0 Å². The largest absolute Gasteiger partial charge is 0.481 e. The van der Waals surface area contributed by atoms with Crippen LogP contribution in [-0.4, -0.2) is 61.3 Å². The summed E-state index contributed by atoms with van der Waals surface area (Å²) in [5.41, 5.74) is 0.330. The number of carbonyl (C=O) groups excluding carboxylic acids is 1. The number of carboxylic acids is 1. The summed E-state index contributed by atoms with van der Waals surface area (Å²) in [4.78, 5) is 24.8. The Morgan fingerprint density at radius 3 is 2.27 bits per heavy atom. The first-order chi connectivity index (χ1) is 12.1. The molecule has 1 amide bonds. The maximum Gasteiger partial charge on any atom is 0.308 e. The smallest absolute Gasteiger partial charge is 0.308 e. The highest BCUT2D eigenvalue weighted by atomic mass is 32.2. The van der Waals surface area contributed by atoms with Gasteiger partial charge in [-0.3, -0.25) is 9.59 Å². The Morgan fingerprint density at radius 1 is 1.23 bits per heavy atom. The van der Waals surface area contributed by atoms with Gasteiger partial charge in [-0.25, -0.2) is 8.42 Å². The van der Waals surface area contributed by atoms with Gasteiger partial charge in [0, 0.05) is 32.2 Å². The third-order valence-corrected chi connectivity index (χ3v) is 6.71. The van der Waals surface area contributed by atoms with Crippen LogP contribution in [0.5, 0.6) is 0 Å². The zero-order valence-electron chi connectivity index (χ0n) is 15.4. The molecule has 1 aromatic rings. The predicted molar refractivity (Wildman–Crippen MR) is 97.4 cm³/mol. The second-order valence-corrected chi connectivity index (χ2v) is 8.97. The number of piperidine rings is 1. The van der Waals surface area contributed by atoms with E-state index >= 15 is 0 Å². The summed E-state index contributed by atoms with van der Waals surface area (Å²) in [5.74, 6) is -1.45. The number of rotatable bonds is 6. The standard InChI is InChI=1S/C18H26N2O5S/c1-13-8-10-20(11-9-13)26(24,25)16-6-4-15(5-7-16)17(21)19(3)12-14(2)18(22)23/h4-7,13-14H,8-12H2,1-3H3,(H,22,23). The number of aliphatic carboxylic acids is 1. The molecule has 0 saturated carbocycles. The van der Waals surface area contributed by atoms with E-state index < -0.39 is 21.9 Å². The number of hydrogen-bond acceptors (Lipinski definition) is 4. The lowest BCUT2D eigenvalue weighted by Gasteiger charge is -2.29. The zero-order chi connectivity index (χ0) is 19.5. The van der Waals surface area contributed by atoms with Crippen LogP contribution < -0.4 is 0 Å². The maximum absolute atomic E-state index is 12.7. The van der Waals surface area contributed by atoms with E-state index in [-0.39, 0.29) is 17.3 Å². The van der Waals surface area contributed by atoms with Crippen molar-refractivity contribution in [1.29, 1.82) is 0 Å². The van der Waals surface area contributed by atoms with Crippen molar-refractivity contribution in [2.24, 2.45) is 11.8 Å². The molecular formula is C18H26N2O5S. The molecule has 0 bridgehead atoms. The van der Waals surface area contributed by atoms with Gasteiger partial charge in [0.2, 0.25) is 10.0 Å². The molecule has 0 aromatic heterocycles. The average molecular weight is 382 g/mol. The summed E-state index contributed by atoms with van der Waals surface area (Å²) in [5, 5.41) is 8.94. The fourth-order valence-electron chi connectivity index (χ4n) is 2.94. The van der Waals surface area contributed by atoms with E-state index in [2.05, 4.69) is 6.92 Å². The predicted octanol–water partition coefficient (Wildman–Crippen LogP) is 1.90. The van der Waals surface area contributed by atoms with Gasteiger partial charge >= 0.3 is 5.97 Å². The quantitative estimate of drug-likeness (QED) is 0.811. The van der Waals surface area contributed by atoms with E-state index in [1.165, 1.54) is 47.4 Å². The van der Waals surface area contributed by atoms with Gasteiger partial charge in [0.05, 0.1) is 10.8 Å². The molecule has 26 heavy (non-hydrogen) atoms.